The number of likely N-dealkylation sites (tertiary alicyclic amines) is 1. The van der Waals surface area contributed by atoms with Crippen LogP contribution in [-0.4, -0.2) is 42.2 Å². The molecule has 0 atom stereocenters. The van der Waals surface area contributed by atoms with Crippen molar-refractivity contribution >= 4 is 27.6 Å². The second-order valence-corrected chi connectivity index (χ2v) is 5.63. The Kier molecular flexibility index (Phi) is 4.24. The van der Waals surface area contributed by atoms with Gasteiger partial charge in [0.15, 0.2) is 0 Å². The summed E-state index contributed by atoms with van der Waals surface area (Å²) >= 11 is 3.30. The number of hydrogen-bond acceptors (Lipinski definition) is 3. The van der Waals surface area contributed by atoms with Gasteiger partial charge < -0.3 is 15.3 Å². The van der Waals surface area contributed by atoms with E-state index in [1.54, 1.807) is 6.07 Å². The van der Waals surface area contributed by atoms with Gasteiger partial charge in [-0.3, -0.25) is 0 Å². The van der Waals surface area contributed by atoms with E-state index in [-0.39, 0.29) is 0 Å². The number of carboxylic acids is 1. The van der Waals surface area contributed by atoms with Crippen molar-refractivity contribution in [3.63, 3.8) is 0 Å². The van der Waals surface area contributed by atoms with Crippen molar-refractivity contribution in [1.82, 2.24) is 4.90 Å². The third-order valence-electron chi connectivity index (χ3n) is 3.29. The third-order valence-corrected chi connectivity index (χ3v) is 3.78. The van der Waals surface area contributed by atoms with Crippen molar-refractivity contribution in [2.24, 2.45) is 0 Å². The van der Waals surface area contributed by atoms with Crippen molar-refractivity contribution in [2.75, 3.05) is 25.5 Å². The number of nitrogens with zero attached hydrogens (tertiary/aromatic N) is 1. The molecule has 18 heavy (non-hydrogen) atoms. The van der Waals surface area contributed by atoms with E-state index >= 15 is 0 Å². The van der Waals surface area contributed by atoms with Crippen LogP contribution in [0.2, 0.25) is 0 Å². The lowest BCUT2D eigenvalue weighted by atomic mass is 10.0. The minimum absolute atomic E-state index is 0.323. The first-order valence-electron chi connectivity index (χ1n) is 6.04. The fourth-order valence-corrected chi connectivity index (χ4v) is 2.55. The molecule has 1 saturated heterocycles. The maximum absolute atomic E-state index is 11.2. The molecule has 0 spiro atoms. The quantitative estimate of drug-likeness (QED) is 0.901. The summed E-state index contributed by atoms with van der Waals surface area (Å²) in [6.07, 6.45) is 2.09. The van der Waals surface area contributed by atoms with Crippen LogP contribution >= 0.6 is 15.9 Å². The molecule has 1 fully saturated rings. The van der Waals surface area contributed by atoms with Crippen molar-refractivity contribution in [3.8, 4) is 0 Å². The summed E-state index contributed by atoms with van der Waals surface area (Å²) in [5.41, 5.74) is 1.03. The number of carbonyl (C=O) groups is 1. The lowest BCUT2D eigenvalue weighted by Gasteiger charge is -2.30. The summed E-state index contributed by atoms with van der Waals surface area (Å²) in [5, 5.41) is 12.5. The molecule has 2 N–H and O–H groups in total. The van der Waals surface area contributed by atoms with E-state index in [0.29, 0.717) is 17.3 Å². The van der Waals surface area contributed by atoms with Crippen molar-refractivity contribution in [1.29, 1.82) is 0 Å². The van der Waals surface area contributed by atoms with Gasteiger partial charge in [0.25, 0.3) is 0 Å². The molecule has 5 heteroatoms. The Labute approximate surface area is 115 Å². The molecule has 2 rings (SSSR count). The molecule has 1 aliphatic heterocycles. The number of benzene rings is 1. The minimum Gasteiger partial charge on any atom is -0.478 e. The average molecular weight is 313 g/mol. The van der Waals surface area contributed by atoms with E-state index < -0.39 is 5.97 Å². The maximum atomic E-state index is 11.2. The van der Waals surface area contributed by atoms with E-state index in [1.807, 2.05) is 12.1 Å². The highest BCUT2D eigenvalue weighted by Crippen LogP contribution is 2.23. The van der Waals surface area contributed by atoms with E-state index in [1.165, 1.54) is 0 Å². The standard InChI is InChI=1S/C13H17BrN2O2/c1-16-6-4-10(5-7-16)15-12-3-2-9(14)8-11(12)13(17)18/h2-3,8,10,15H,4-7H2,1H3,(H,17,18). The first-order chi connectivity index (χ1) is 8.56. The molecule has 0 saturated carbocycles. The van der Waals surface area contributed by atoms with Crippen LogP contribution in [0.4, 0.5) is 5.69 Å². The Morgan fingerprint density at radius 1 is 1.44 bits per heavy atom. The van der Waals surface area contributed by atoms with Gasteiger partial charge in [-0.1, -0.05) is 15.9 Å². The summed E-state index contributed by atoms with van der Waals surface area (Å²) in [7, 11) is 2.11. The number of aromatic carboxylic acids is 1. The van der Waals surface area contributed by atoms with Crippen molar-refractivity contribution < 1.29 is 9.90 Å². The molecule has 0 bridgehead atoms. The van der Waals surface area contributed by atoms with Crippen LogP contribution in [0.15, 0.2) is 22.7 Å². The molecule has 98 valence electrons. The minimum atomic E-state index is -0.897. The zero-order chi connectivity index (χ0) is 13.1. The van der Waals surface area contributed by atoms with Gasteiger partial charge in [-0.05, 0) is 51.2 Å². The third kappa shape index (κ3) is 3.23. The normalized spacial score (nSPS) is 17.7. The monoisotopic (exact) mass is 312 g/mol. The number of carboxylic acid groups (broad SMARTS) is 1. The maximum Gasteiger partial charge on any atom is 0.337 e. The second-order valence-electron chi connectivity index (χ2n) is 4.72. The van der Waals surface area contributed by atoms with Crippen LogP contribution in [0.1, 0.15) is 23.2 Å². The Balaban J connectivity index is 2.11. The molecule has 4 nitrogen and oxygen atoms in total. The highest BCUT2D eigenvalue weighted by atomic mass is 79.9. The van der Waals surface area contributed by atoms with Gasteiger partial charge >= 0.3 is 5.97 Å². The SMILES string of the molecule is CN1CCC(Nc2ccc(Br)cc2C(=O)O)CC1. The smallest absolute Gasteiger partial charge is 0.337 e. The lowest BCUT2D eigenvalue weighted by molar-refractivity contribution is 0.0698. The fraction of sp³-hybridized carbons (Fsp3) is 0.462. The van der Waals surface area contributed by atoms with Crippen LogP contribution in [0.25, 0.3) is 0 Å². The first kappa shape index (κ1) is 13.4. The van der Waals surface area contributed by atoms with Gasteiger partial charge in [0, 0.05) is 16.2 Å². The average Bonchev–Trinajstić information content (AvgIpc) is 2.34. The van der Waals surface area contributed by atoms with Crippen LogP contribution in [0.5, 0.6) is 0 Å². The number of nitrogens with one attached hydrogen (secondary N) is 1. The van der Waals surface area contributed by atoms with E-state index in [4.69, 9.17) is 0 Å². The topological polar surface area (TPSA) is 52.6 Å². The van der Waals surface area contributed by atoms with Gasteiger partial charge in [-0.2, -0.15) is 0 Å². The highest BCUT2D eigenvalue weighted by molar-refractivity contribution is 9.10. The van der Waals surface area contributed by atoms with Gasteiger partial charge in [0.05, 0.1) is 5.56 Å². The van der Waals surface area contributed by atoms with Gasteiger partial charge in [-0.15, -0.1) is 0 Å². The lowest BCUT2D eigenvalue weighted by Crippen LogP contribution is -2.37. The molecule has 0 aliphatic carbocycles. The number of hydrogen-bond donors (Lipinski definition) is 2. The number of halogens is 1. The molecule has 1 aromatic carbocycles. The molecule has 0 amide bonds. The zero-order valence-electron chi connectivity index (χ0n) is 10.3. The molecule has 1 heterocycles. The van der Waals surface area contributed by atoms with Gasteiger partial charge in [0.2, 0.25) is 0 Å². The van der Waals surface area contributed by atoms with Crippen LogP contribution in [0.3, 0.4) is 0 Å². The Morgan fingerprint density at radius 2 is 2.11 bits per heavy atom. The Morgan fingerprint density at radius 3 is 2.72 bits per heavy atom. The highest BCUT2D eigenvalue weighted by Gasteiger charge is 2.18. The van der Waals surface area contributed by atoms with Crippen LogP contribution in [0, 0.1) is 0 Å². The summed E-state index contributed by atoms with van der Waals surface area (Å²) in [6.45, 7) is 2.10. The molecule has 1 aromatic rings. The number of anilines is 1. The first-order valence-corrected chi connectivity index (χ1v) is 6.83. The van der Waals surface area contributed by atoms with Crippen LogP contribution < -0.4 is 5.32 Å². The molecule has 1 aliphatic rings. The molecule has 0 unspecified atom stereocenters. The van der Waals surface area contributed by atoms with Gasteiger partial charge in [-0.25, -0.2) is 4.79 Å². The van der Waals surface area contributed by atoms with E-state index in [2.05, 4.69) is 33.2 Å². The molecular weight excluding hydrogens is 296 g/mol. The van der Waals surface area contributed by atoms with E-state index in [0.717, 1.165) is 30.4 Å². The van der Waals surface area contributed by atoms with Crippen molar-refractivity contribution in [3.05, 3.63) is 28.2 Å². The predicted molar refractivity (Wildman–Crippen MR) is 75.2 cm³/mol. The summed E-state index contributed by atoms with van der Waals surface area (Å²) in [5.74, 6) is -0.897. The largest absolute Gasteiger partial charge is 0.478 e. The molecule has 0 radical (unpaired) electrons. The number of piperidine rings is 1. The second kappa shape index (κ2) is 5.71. The fourth-order valence-electron chi connectivity index (χ4n) is 2.19. The Bertz CT molecular complexity index is 443. The van der Waals surface area contributed by atoms with Gasteiger partial charge in [0.1, 0.15) is 0 Å². The molecular formula is C13H17BrN2O2. The summed E-state index contributed by atoms with van der Waals surface area (Å²) in [6, 6.07) is 5.69. The predicted octanol–water partition coefficient (Wildman–Crippen LogP) is 2.65. The summed E-state index contributed by atoms with van der Waals surface area (Å²) < 4.78 is 0.786. The number of rotatable bonds is 3. The Hall–Kier alpha value is -1.07. The van der Waals surface area contributed by atoms with Crippen LogP contribution in [-0.2, 0) is 0 Å². The molecule has 0 aromatic heterocycles. The van der Waals surface area contributed by atoms with E-state index in [9.17, 15) is 9.90 Å². The zero-order valence-corrected chi connectivity index (χ0v) is 11.9. The summed E-state index contributed by atoms with van der Waals surface area (Å²) in [4.78, 5) is 13.5. The van der Waals surface area contributed by atoms with Crippen molar-refractivity contribution in [2.45, 2.75) is 18.9 Å².